The van der Waals surface area contributed by atoms with E-state index in [-0.39, 0.29) is 5.56 Å². The molecule has 3 aromatic heterocycles. The second-order valence-electron chi connectivity index (χ2n) is 9.63. The first-order valence-electron chi connectivity index (χ1n) is 12.4. The fourth-order valence-electron chi connectivity index (χ4n) is 5.27. The maximum absolute atomic E-state index is 12.4. The number of benzene rings is 2. The Labute approximate surface area is 206 Å². The van der Waals surface area contributed by atoms with Crippen LogP contribution in [0.4, 0.5) is 5.95 Å². The number of anilines is 1. The maximum Gasteiger partial charge on any atom is 0.272 e. The van der Waals surface area contributed by atoms with Gasteiger partial charge in [-0.15, -0.1) is 15.3 Å². The lowest BCUT2D eigenvalue weighted by atomic mass is 10.0. The van der Waals surface area contributed by atoms with E-state index in [2.05, 4.69) is 30.3 Å². The fourth-order valence-corrected chi connectivity index (χ4v) is 5.27. The zero-order valence-corrected chi connectivity index (χ0v) is 19.7. The maximum atomic E-state index is 12.4. The summed E-state index contributed by atoms with van der Waals surface area (Å²) in [7, 11) is 0. The van der Waals surface area contributed by atoms with Gasteiger partial charge < -0.3 is 4.90 Å². The standard InChI is InChI=1S/C26H25N9O/c36-25-21-9-5-4-8-20(21)23(28-30-25)24-29-31-26(33-13-12-18(14-33)17-10-11-17)34(24)15-22-27-16-35(32-22)19-6-2-1-3-7-19/h1-9,16-18H,10-15H2,(H,30,36). The number of aromatic amines is 1. The predicted octanol–water partition coefficient (Wildman–Crippen LogP) is 3.05. The summed E-state index contributed by atoms with van der Waals surface area (Å²) in [6.45, 7) is 2.32. The van der Waals surface area contributed by atoms with E-state index in [4.69, 9.17) is 5.10 Å². The van der Waals surface area contributed by atoms with Gasteiger partial charge >= 0.3 is 0 Å². The topological polar surface area (TPSA) is 110 Å². The molecule has 0 spiro atoms. The number of fused-ring (bicyclic) bond motifs is 1. The minimum atomic E-state index is -0.226. The molecule has 1 unspecified atom stereocenters. The van der Waals surface area contributed by atoms with Crippen molar-refractivity contribution in [3.05, 3.63) is 77.1 Å². The van der Waals surface area contributed by atoms with E-state index in [0.29, 0.717) is 35.2 Å². The summed E-state index contributed by atoms with van der Waals surface area (Å²) in [6, 6.07) is 17.4. The molecular formula is C26H25N9O. The quantitative estimate of drug-likeness (QED) is 0.399. The summed E-state index contributed by atoms with van der Waals surface area (Å²) >= 11 is 0. The number of rotatable bonds is 6. The minimum Gasteiger partial charge on any atom is -0.341 e. The monoisotopic (exact) mass is 479 g/mol. The molecule has 1 aliphatic heterocycles. The Morgan fingerprint density at radius 3 is 2.56 bits per heavy atom. The summed E-state index contributed by atoms with van der Waals surface area (Å²) in [6.07, 6.45) is 5.57. The molecule has 180 valence electrons. The van der Waals surface area contributed by atoms with Crippen LogP contribution < -0.4 is 10.5 Å². The van der Waals surface area contributed by atoms with E-state index in [1.54, 1.807) is 17.1 Å². The SMILES string of the molecule is O=c1[nH]nc(-c2nnc(N3CCC(C4CC4)C3)n2Cc2ncn(-c3ccccc3)n2)c2ccccc12. The van der Waals surface area contributed by atoms with E-state index < -0.39 is 0 Å². The van der Waals surface area contributed by atoms with Crippen LogP contribution in [0, 0.1) is 11.8 Å². The van der Waals surface area contributed by atoms with Crippen LogP contribution in [0.5, 0.6) is 0 Å². The van der Waals surface area contributed by atoms with Crippen molar-refractivity contribution in [3.8, 4) is 17.2 Å². The highest BCUT2D eigenvalue weighted by atomic mass is 16.1. The molecule has 7 rings (SSSR count). The molecule has 0 radical (unpaired) electrons. The lowest BCUT2D eigenvalue weighted by molar-refractivity contribution is 0.513. The van der Waals surface area contributed by atoms with E-state index in [1.807, 2.05) is 53.1 Å². The van der Waals surface area contributed by atoms with Crippen LogP contribution in [-0.2, 0) is 6.54 Å². The molecular weight excluding hydrogens is 454 g/mol. The van der Waals surface area contributed by atoms with E-state index in [0.717, 1.165) is 36.0 Å². The van der Waals surface area contributed by atoms with E-state index >= 15 is 0 Å². The lowest BCUT2D eigenvalue weighted by Gasteiger charge is -2.19. The van der Waals surface area contributed by atoms with Crippen LogP contribution in [0.15, 0.2) is 65.7 Å². The van der Waals surface area contributed by atoms with Gasteiger partial charge in [0.25, 0.3) is 5.56 Å². The average molecular weight is 480 g/mol. The molecule has 2 aromatic carbocycles. The third kappa shape index (κ3) is 3.65. The van der Waals surface area contributed by atoms with Crippen molar-refractivity contribution in [1.82, 2.24) is 39.7 Å². The van der Waals surface area contributed by atoms with Gasteiger partial charge in [-0.25, -0.2) is 14.8 Å². The van der Waals surface area contributed by atoms with Crippen molar-refractivity contribution in [2.24, 2.45) is 11.8 Å². The second kappa shape index (κ2) is 8.40. The summed E-state index contributed by atoms with van der Waals surface area (Å²) in [4.78, 5) is 19.3. The summed E-state index contributed by atoms with van der Waals surface area (Å²) in [5.41, 5.74) is 1.31. The largest absolute Gasteiger partial charge is 0.341 e. The fraction of sp³-hybridized carbons (Fsp3) is 0.308. The van der Waals surface area contributed by atoms with Crippen molar-refractivity contribution >= 4 is 16.7 Å². The van der Waals surface area contributed by atoms with Crippen molar-refractivity contribution in [2.75, 3.05) is 18.0 Å². The number of hydrogen-bond acceptors (Lipinski definition) is 7. The number of nitrogens with one attached hydrogen (secondary N) is 1. The van der Waals surface area contributed by atoms with Crippen LogP contribution in [0.25, 0.3) is 28.0 Å². The van der Waals surface area contributed by atoms with Crippen molar-refractivity contribution in [3.63, 3.8) is 0 Å². The smallest absolute Gasteiger partial charge is 0.272 e. The molecule has 0 bridgehead atoms. The van der Waals surface area contributed by atoms with Crippen molar-refractivity contribution < 1.29 is 0 Å². The average Bonchev–Trinajstić information content (AvgIpc) is 3.28. The number of para-hydroxylation sites is 1. The lowest BCUT2D eigenvalue weighted by Crippen LogP contribution is -2.25. The first-order valence-corrected chi connectivity index (χ1v) is 12.4. The molecule has 1 aliphatic carbocycles. The zero-order valence-electron chi connectivity index (χ0n) is 19.7. The van der Waals surface area contributed by atoms with Gasteiger partial charge in [0.05, 0.1) is 17.6 Å². The number of H-pyrrole nitrogens is 1. The molecule has 1 saturated heterocycles. The molecule has 10 heteroatoms. The first kappa shape index (κ1) is 21.0. The highest BCUT2D eigenvalue weighted by Crippen LogP contribution is 2.42. The minimum absolute atomic E-state index is 0.226. The molecule has 1 N–H and O–H groups in total. The molecule has 1 atom stereocenters. The van der Waals surface area contributed by atoms with Gasteiger partial charge in [-0.2, -0.15) is 5.10 Å². The Hall–Kier alpha value is -4.34. The van der Waals surface area contributed by atoms with Gasteiger partial charge in [-0.1, -0.05) is 36.4 Å². The van der Waals surface area contributed by atoms with Crippen LogP contribution >= 0.6 is 0 Å². The van der Waals surface area contributed by atoms with Crippen molar-refractivity contribution in [2.45, 2.75) is 25.8 Å². The van der Waals surface area contributed by atoms with Crippen LogP contribution in [0.1, 0.15) is 25.1 Å². The summed E-state index contributed by atoms with van der Waals surface area (Å²) < 4.78 is 3.80. The molecule has 1 saturated carbocycles. The number of aromatic nitrogens is 8. The van der Waals surface area contributed by atoms with Gasteiger partial charge in [0.1, 0.15) is 12.0 Å². The number of nitrogens with zero attached hydrogens (tertiary/aromatic N) is 8. The normalized spacial score (nSPS) is 17.8. The van der Waals surface area contributed by atoms with Crippen LogP contribution in [0.2, 0.25) is 0 Å². The van der Waals surface area contributed by atoms with Gasteiger partial charge in [0.2, 0.25) is 5.95 Å². The van der Waals surface area contributed by atoms with Gasteiger partial charge in [-0.05, 0) is 49.3 Å². The van der Waals surface area contributed by atoms with E-state index in [9.17, 15) is 4.79 Å². The Kier molecular flexibility index (Phi) is 4.90. The Morgan fingerprint density at radius 1 is 0.917 bits per heavy atom. The molecule has 36 heavy (non-hydrogen) atoms. The molecule has 5 aromatic rings. The van der Waals surface area contributed by atoms with E-state index in [1.165, 1.54) is 19.3 Å². The number of hydrogen-bond donors (Lipinski definition) is 1. The second-order valence-corrected chi connectivity index (χ2v) is 9.63. The Balaban J connectivity index is 1.31. The third-order valence-electron chi connectivity index (χ3n) is 7.29. The van der Waals surface area contributed by atoms with Crippen LogP contribution in [-0.4, -0.2) is 52.8 Å². The Bertz CT molecular complexity index is 1600. The molecule has 4 heterocycles. The van der Waals surface area contributed by atoms with Gasteiger partial charge in [0, 0.05) is 18.5 Å². The van der Waals surface area contributed by atoms with Crippen molar-refractivity contribution in [1.29, 1.82) is 0 Å². The van der Waals surface area contributed by atoms with Gasteiger partial charge in [-0.3, -0.25) is 9.36 Å². The zero-order chi connectivity index (χ0) is 24.1. The molecule has 10 nitrogen and oxygen atoms in total. The summed E-state index contributed by atoms with van der Waals surface area (Å²) in [5, 5.41) is 22.3. The third-order valence-corrected chi connectivity index (χ3v) is 7.29. The molecule has 2 fully saturated rings. The molecule has 2 aliphatic rings. The molecule has 0 amide bonds. The Morgan fingerprint density at radius 2 is 1.72 bits per heavy atom. The van der Waals surface area contributed by atoms with Crippen LogP contribution in [0.3, 0.4) is 0 Å². The summed E-state index contributed by atoms with van der Waals surface area (Å²) in [5.74, 6) is 3.58. The first-order chi connectivity index (χ1) is 17.7. The van der Waals surface area contributed by atoms with Gasteiger partial charge in [0.15, 0.2) is 11.6 Å². The predicted molar refractivity (Wildman–Crippen MR) is 135 cm³/mol. The highest BCUT2D eigenvalue weighted by molar-refractivity contribution is 5.92. The highest BCUT2D eigenvalue weighted by Gasteiger charge is 2.37.